The number of nitriles is 1. The zero-order chi connectivity index (χ0) is 14.7. The van der Waals surface area contributed by atoms with Crippen LogP contribution in [-0.4, -0.2) is 5.91 Å². The highest BCUT2D eigenvalue weighted by atomic mass is 35.5. The van der Waals surface area contributed by atoms with Crippen LogP contribution in [0.1, 0.15) is 15.9 Å². The first-order valence-corrected chi connectivity index (χ1v) is 5.95. The lowest BCUT2D eigenvalue weighted by Gasteiger charge is -2.09. The molecular weight excluding hydrogens is 281 g/mol. The van der Waals surface area contributed by atoms with E-state index in [2.05, 4.69) is 5.32 Å². The molecule has 2 aromatic rings. The summed E-state index contributed by atoms with van der Waals surface area (Å²) in [6.07, 6.45) is 0. The van der Waals surface area contributed by atoms with E-state index in [1.807, 2.05) is 6.07 Å². The molecule has 4 nitrogen and oxygen atoms in total. The van der Waals surface area contributed by atoms with Crippen molar-refractivity contribution in [3.63, 3.8) is 0 Å². The monoisotopic (exact) mass is 289 g/mol. The van der Waals surface area contributed by atoms with Crippen LogP contribution >= 0.6 is 11.6 Å². The molecule has 20 heavy (non-hydrogen) atoms. The topological polar surface area (TPSA) is 78.9 Å². The first kappa shape index (κ1) is 13.8. The van der Waals surface area contributed by atoms with Crippen molar-refractivity contribution in [2.75, 3.05) is 11.1 Å². The molecule has 0 aliphatic heterocycles. The van der Waals surface area contributed by atoms with Crippen LogP contribution in [0.25, 0.3) is 0 Å². The Morgan fingerprint density at radius 3 is 2.70 bits per heavy atom. The Labute approximate surface area is 119 Å². The lowest BCUT2D eigenvalue weighted by molar-refractivity contribution is 0.102. The molecule has 0 aliphatic carbocycles. The summed E-state index contributed by atoms with van der Waals surface area (Å²) in [6, 6.07) is 10.0. The van der Waals surface area contributed by atoms with Gasteiger partial charge in [-0.25, -0.2) is 4.39 Å². The number of hydrogen-bond donors (Lipinski definition) is 2. The zero-order valence-corrected chi connectivity index (χ0v) is 10.9. The predicted octanol–water partition coefficient (Wildman–Crippen LogP) is 3.19. The third-order valence-corrected chi connectivity index (χ3v) is 2.84. The second-order valence-corrected chi connectivity index (χ2v) is 4.43. The highest BCUT2D eigenvalue weighted by Crippen LogP contribution is 2.22. The average Bonchev–Trinajstić information content (AvgIpc) is 2.43. The highest BCUT2D eigenvalue weighted by Gasteiger charge is 2.13. The summed E-state index contributed by atoms with van der Waals surface area (Å²) in [7, 11) is 0. The molecular formula is C14H9ClFN3O. The maximum Gasteiger partial charge on any atom is 0.258 e. The number of nitrogen functional groups attached to an aromatic ring is 1. The number of halogens is 2. The number of anilines is 2. The molecule has 6 heteroatoms. The first-order chi connectivity index (χ1) is 9.51. The average molecular weight is 290 g/mol. The van der Waals surface area contributed by atoms with E-state index in [0.717, 1.165) is 6.07 Å². The predicted molar refractivity (Wildman–Crippen MR) is 74.9 cm³/mol. The molecule has 0 saturated heterocycles. The van der Waals surface area contributed by atoms with Crippen LogP contribution < -0.4 is 11.1 Å². The van der Waals surface area contributed by atoms with Crippen molar-refractivity contribution in [3.8, 4) is 6.07 Å². The number of benzene rings is 2. The molecule has 100 valence electrons. The maximum atomic E-state index is 13.5. The normalized spacial score (nSPS) is 9.85. The van der Waals surface area contributed by atoms with Crippen molar-refractivity contribution in [3.05, 3.63) is 58.4 Å². The van der Waals surface area contributed by atoms with Crippen LogP contribution in [0.15, 0.2) is 36.4 Å². The van der Waals surface area contributed by atoms with Gasteiger partial charge in [0.25, 0.3) is 5.91 Å². The molecule has 0 spiro atoms. The SMILES string of the molecule is N#Cc1ccc(NC(=O)c2cc(Cl)ccc2F)c(N)c1. The molecule has 2 aromatic carbocycles. The van der Waals surface area contributed by atoms with E-state index in [1.165, 1.54) is 30.3 Å². The second kappa shape index (κ2) is 5.59. The van der Waals surface area contributed by atoms with Gasteiger partial charge in [-0.1, -0.05) is 11.6 Å². The number of amides is 1. The Morgan fingerprint density at radius 1 is 1.30 bits per heavy atom. The molecule has 0 aromatic heterocycles. The summed E-state index contributed by atoms with van der Waals surface area (Å²) in [5.41, 5.74) is 6.42. The van der Waals surface area contributed by atoms with Gasteiger partial charge in [-0.05, 0) is 36.4 Å². The fourth-order valence-corrected chi connectivity index (χ4v) is 1.78. The molecule has 0 saturated carbocycles. The third kappa shape index (κ3) is 2.87. The Balaban J connectivity index is 2.28. The van der Waals surface area contributed by atoms with Gasteiger partial charge in [-0.3, -0.25) is 4.79 Å². The minimum absolute atomic E-state index is 0.179. The summed E-state index contributed by atoms with van der Waals surface area (Å²) in [4.78, 5) is 12.0. The minimum atomic E-state index is -0.681. The molecule has 0 atom stereocenters. The largest absolute Gasteiger partial charge is 0.397 e. The van der Waals surface area contributed by atoms with Crippen molar-refractivity contribution in [1.82, 2.24) is 0 Å². The van der Waals surface area contributed by atoms with E-state index >= 15 is 0 Å². The van der Waals surface area contributed by atoms with Crippen molar-refractivity contribution in [2.24, 2.45) is 0 Å². The molecule has 0 unspecified atom stereocenters. The van der Waals surface area contributed by atoms with Gasteiger partial charge in [-0.2, -0.15) is 5.26 Å². The number of nitrogens with one attached hydrogen (secondary N) is 1. The van der Waals surface area contributed by atoms with Crippen LogP contribution in [0.2, 0.25) is 5.02 Å². The van der Waals surface area contributed by atoms with Gasteiger partial charge in [0, 0.05) is 5.02 Å². The number of nitrogens with zero attached hydrogens (tertiary/aromatic N) is 1. The van der Waals surface area contributed by atoms with Crippen molar-refractivity contribution >= 4 is 28.9 Å². The van der Waals surface area contributed by atoms with Crippen molar-refractivity contribution in [1.29, 1.82) is 5.26 Å². The summed E-state index contributed by atoms with van der Waals surface area (Å²) in [5.74, 6) is -1.35. The van der Waals surface area contributed by atoms with E-state index < -0.39 is 11.7 Å². The second-order valence-electron chi connectivity index (χ2n) is 3.99. The molecule has 0 heterocycles. The fraction of sp³-hybridized carbons (Fsp3) is 0. The summed E-state index contributed by atoms with van der Waals surface area (Å²) in [5, 5.41) is 11.5. The number of rotatable bonds is 2. The molecule has 2 rings (SSSR count). The smallest absolute Gasteiger partial charge is 0.258 e. The van der Waals surface area contributed by atoms with Gasteiger partial charge < -0.3 is 11.1 Å². The van der Waals surface area contributed by atoms with Crippen LogP contribution in [-0.2, 0) is 0 Å². The molecule has 3 N–H and O–H groups in total. The van der Waals surface area contributed by atoms with Gasteiger partial charge in [-0.15, -0.1) is 0 Å². The summed E-state index contributed by atoms with van der Waals surface area (Å²) >= 11 is 5.73. The first-order valence-electron chi connectivity index (χ1n) is 5.57. The Bertz CT molecular complexity index is 725. The molecule has 0 aliphatic rings. The molecule has 0 fully saturated rings. The van der Waals surface area contributed by atoms with Crippen molar-refractivity contribution < 1.29 is 9.18 Å². The third-order valence-electron chi connectivity index (χ3n) is 2.60. The lowest BCUT2D eigenvalue weighted by Crippen LogP contribution is -2.15. The van der Waals surface area contributed by atoms with E-state index in [0.29, 0.717) is 11.3 Å². The van der Waals surface area contributed by atoms with E-state index in [4.69, 9.17) is 22.6 Å². The van der Waals surface area contributed by atoms with Crippen LogP contribution in [0.3, 0.4) is 0 Å². The Kier molecular flexibility index (Phi) is 3.87. The standard InChI is InChI=1S/C14H9ClFN3O/c15-9-2-3-11(16)10(6-9)14(20)19-13-4-1-8(7-17)5-12(13)18/h1-6H,18H2,(H,19,20). The van der Waals surface area contributed by atoms with E-state index in [1.54, 1.807) is 0 Å². The number of hydrogen-bond acceptors (Lipinski definition) is 3. The summed E-state index contributed by atoms with van der Waals surface area (Å²) < 4.78 is 13.5. The number of nitrogens with two attached hydrogens (primary N) is 1. The van der Waals surface area contributed by atoms with Crippen LogP contribution in [0, 0.1) is 17.1 Å². The minimum Gasteiger partial charge on any atom is -0.397 e. The quantitative estimate of drug-likeness (QED) is 0.833. The van der Waals surface area contributed by atoms with Crippen molar-refractivity contribution in [2.45, 2.75) is 0 Å². The van der Waals surface area contributed by atoms with Crippen LogP contribution in [0.5, 0.6) is 0 Å². The number of carbonyl (C=O) groups is 1. The van der Waals surface area contributed by atoms with Gasteiger partial charge in [0.15, 0.2) is 0 Å². The Morgan fingerprint density at radius 2 is 2.05 bits per heavy atom. The zero-order valence-electron chi connectivity index (χ0n) is 10.2. The van der Waals surface area contributed by atoms with Gasteiger partial charge in [0.1, 0.15) is 5.82 Å². The highest BCUT2D eigenvalue weighted by molar-refractivity contribution is 6.31. The molecule has 0 bridgehead atoms. The van der Waals surface area contributed by atoms with E-state index in [9.17, 15) is 9.18 Å². The van der Waals surface area contributed by atoms with Gasteiger partial charge in [0.2, 0.25) is 0 Å². The molecule has 0 radical (unpaired) electrons. The lowest BCUT2D eigenvalue weighted by atomic mass is 10.1. The summed E-state index contributed by atoms with van der Waals surface area (Å²) in [6.45, 7) is 0. The number of carbonyl (C=O) groups excluding carboxylic acids is 1. The van der Waals surface area contributed by atoms with Gasteiger partial charge in [0.05, 0.1) is 28.6 Å². The Hall–Kier alpha value is -2.58. The van der Waals surface area contributed by atoms with Crippen LogP contribution in [0.4, 0.5) is 15.8 Å². The fourth-order valence-electron chi connectivity index (χ4n) is 1.61. The molecule has 1 amide bonds. The van der Waals surface area contributed by atoms with E-state index in [-0.39, 0.29) is 16.3 Å². The van der Waals surface area contributed by atoms with Gasteiger partial charge >= 0.3 is 0 Å². The maximum absolute atomic E-state index is 13.5.